The number of ether oxygens (including phenoxy) is 1. The van der Waals surface area contributed by atoms with Gasteiger partial charge in [-0.3, -0.25) is 0 Å². The Hall–Kier alpha value is -1.00. The first kappa shape index (κ1) is 12.5. The van der Waals surface area contributed by atoms with Gasteiger partial charge in [0.05, 0.1) is 5.69 Å². The molecule has 0 atom stereocenters. The SMILES string of the molecule is CN(CC1CCOCC1)c1nc(Cl)ccc1N. The standard InChI is InChI=1S/C12H18ClN3O/c1-16(8-9-4-6-17-7-5-9)12-10(14)2-3-11(13)15-12/h2-3,9H,4-8,14H2,1H3. The van der Waals surface area contributed by atoms with Crippen LogP contribution in [0.1, 0.15) is 12.8 Å². The van der Waals surface area contributed by atoms with Crippen LogP contribution in [0, 0.1) is 5.92 Å². The maximum absolute atomic E-state index is 5.91. The third-order valence-electron chi connectivity index (χ3n) is 3.11. The normalized spacial score (nSPS) is 17.1. The summed E-state index contributed by atoms with van der Waals surface area (Å²) < 4.78 is 5.35. The van der Waals surface area contributed by atoms with E-state index in [-0.39, 0.29) is 0 Å². The molecule has 1 aliphatic heterocycles. The Bertz CT molecular complexity index is 380. The Balaban J connectivity index is 2.02. The topological polar surface area (TPSA) is 51.4 Å². The van der Waals surface area contributed by atoms with E-state index in [1.54, 1.807) is 12.1 Å². The van der Waals surface area contributed by atoms with Crippen LogP contribution in [-0.2, 0) is 4.74 Å². The minimum Gasteiger partial charge on any atom is -0.396 e. The summed E-state index contributed by atoms with van der Waals surface area (Å²) >= 11 is 5.89. The van der Waals surface area contributed by atoms with Crippen LogP contribution in [-0.4, -0.2) is 31.8 Å². The Kier molecular flexibility index (Phi) is 4.07. The minimum absolute atomic E-state index is 0.480. The fourth-order valence-corrected chi connectivity index (χ4v) is 2.29. The zero-order chi connectivity index (χ0) is 12.3. The Morgan fingerprint density at radius 3 is 2.88 bits per heavy atom. The van der Waals surface area contributed by atoms with Crippen molar-refractivity contribution in [1.82, 2.24) is 4.98 Å². The fraction of sp³-hybridized carbons (Fsp3) is 0.583. The second-order valence-corrected chi connectivity index (χ2v) is 4.87. The summed E-state index contributed by atoms with van der Waals surface area (Å²) in [6.07, 6.45) is 2.20. The van der Waals surface area contributed by atoms with E-state index < -0.39 is 0 Å². The quantitative estimate of drug-likeness (QED) is 0.842. The highest BCUT2D eigenvalue weighted by Gasteiger charge is 2.17. The van der Waals surface area contributed by atoms with E-state index in [0.717, 1.165) is 38.4 Å². The number of nitrogens with zero attached hydrogens (tertiary/aromatic N) is 2. The number of rotatable bonds is 3. The summed E-state index contributed by atoms with van der Waals surface area (Å²) in [6, 6.07) is 3.51. The summed E-state index contributed by atoms with van der Waals surface area (Å²) in [5.74, 6) is 1.41. The maximum atomic E-state index is 5.91. The van der Waals surface area contributed by atoms with Gasteiger partial charge in [-0.25, -0.2) is 4.98 Å². The molecule has 4 nitrogen and oxygen atoms in total. The number of aromatic nitrogens is 1. The third kappa shape index (κ3) is 3.23. The van der Waals surface area contributed by atoms with Crippen molar-refractivity contribution in [3.05, 3.63) is 17.3 Å². The lowest BCUT2D eigenvalue weighted by Gasteiger charge is -2.28. The van der Waals surface area contributed by atoms with Gasteiger partial charge in [-0.1, -0.05) is 11.6 Å². The minimum atomic E-state index is 0.480. The Morgan fingerprint density at radius 1 is 1.47 bits per heavy atom. The molecular weight excluding hydrogens is 238 g/mol. The van der Waals surface area contributed by atoms with E-state index >= 15 is 0 Å². The molecular formula is C12H18ClN3O. The molecule has 1 aliphatic rings. The molecule has 2 rings (SSSR count). The van der Waals surface area contributed by atoms with E-state index in [9.17, 15) is 0 Å². The summed E-state index contributed by atoms with van der Waals surface area (Å²) in [6.45, 7) is 2.66. The van der Waals surface area contributed by atoms with Crippen molar-refractivity contribution < 1.29 is 4.74 Å². The molecule has 1 aromatic heterocycles. The van der Waals surface area contributed by atoms with Gasteiger partial charge in [0.2, 0.25) is 0 Å². The predicted molar refractivity (Wildman–Crippen MR) is 70.5 cm³/mol. The van der Waals surface area contributed by atoms with Crippen molar-refractivity contribution in [2.24, 2.45) is 5.92 Å². The first-order valence-electron chi connectivity index (χ1n) is 5.87. The molecule has 0 amide bonds. The maximum Gasteiger partial charge on any atom is 0.153 e. The van der Waals surface area contributed by atoms with Crippen LogP contribution in [0.15, 0.2) is 12.1 Å². The number of nitrogens with two attached hydrogens (primary N) is 1. The van der Waals surface area contributed by atoms with Gasteiger partial charge in [-0.05, 0) is 30.9 Å². The average molecular weight is 256 g/mol. The number of hydrogen-bond donors (Lipinski definition) is 1. The number of anilines is 2. The molecule has 1 aromatic rings. The van der Waals surface area contributed by atoms with E-state index in [4.69, 9.17) is 22.1 Å². The molecule has 0 aromatic carbocycles. The lowest BCUT2D eigenvalue weighted by Crippen LogP contribution is -2.30. The average Bonchev–Trinajstić information content (AvgIpc) is 2.33. The molecule has 1 saturated heterocycles. The number of pyridine rings is 1. The summed E-state index contributed by atoms with van der Waals surface area (Å²) in [7, 11) is 2.00. The molecule has 0 bridgehead atoms. The molecule has 0 radical (unpaired) electrons. The fourth-order valence-electron chi connectivity index (χ4n) is 2.14. The molecule has 0 unspecified atom stereocenters. The van der Waals surface area contributed by atoms with Crippen LogP contribution in [0.4, 0.5) is 11.5 Å². The first-order valence-corrected chi connectivity index (χ1v) is 6.25. The van der Waals surface area contributed by atoms with Gasteiger partial charge in [0.1, 0.15) is 5.15 Å². The van der Waals surface area contributed by atoms with Crippen LogP contribution in [0.5, 0.6) is 0 Å². The predicted octanol–water partition coefficient (Wildman–Crippen LogP) is 2.18. The van der Waals surface area contributed by atoms with Crippen LogP contribution in [0.25, 0.3) is 0 Å². The first-order chi connectivity index (χ1) is 8.16. The van der Waals surface area contributed by atoms with Crippen molar-refractivity contribution in [2.75, 3.05) is 37.4 Å². The van der Waals surface area contributed by atoms with Crippen LogP contribution in [0.2, 0.25) is 5.15 Å². The molecule has 0 aliphatic carbocycles. The Morgan fingerprint density at radius 2 is 2.18 bits per heavy atom. The summed E-state index contributed by atoms with van der Waals surface area (Å²) in [4.78, 5) is 6.35. The molecule has 0 saturated carbocycles. The number of hydrogen-bond acceptors (Lipinski definition) is 4. The van der Waals surface area contributed by atoms with Gasteiger partial charge >= 0.3 is 0 Å². The zero-order valence-corrected chi connectivity index (χ0v) is 10.8. The van der Waals surface area contributed by atoms with Crippen molar-refractivity contribution in [3.63, 3.8) is 0 Å². The van der Waals surface area contributed by atoms with E-state index in [1.165, 1.54) is 0 Å². The van der Waals surface area contributed by atoms with Crippen molar-refractivity contribution >= 4 is 23.1 Å². The van der Waals surface area contributed by atoms with Gasteiger partial charge in [0.15, 0.2) is 5.82 Å². The molecule has 1 fully saturated rings. The highest BCUT2D eigenvalue weighted by Crippen LogP contribution is 2.24. The highest BCUT2D eigenvalue weighted by atomic mass is 35.5. The van der Waals surface area contributed by atoms with Crippen LogP contribution in [0.3, 0.4) is 0 Å². The van der Waals surface area contributed by atoms with Crippen molar-refractivity contribution in [3.8, 4) is 0 Å². The second-order valence-electron chi connectivity index (χ2n) is 4.48. The van der Waals surface area contributed by atoms with Gasteiger partial charge < -0.3 is 15.4 Å². The molecule has 0 spiro atoms. The lowest BCUT2D eigenvalue weighted by atomic mass is 10.00. The second kappa shape index (κ2) is 5.56. The largest absolute Gasteiger partial charge is 0.396 e. The highest BCUT2D eigenvalue weighted by molar-refractivity contribution is 6.29. The number of halogens is 1. The summed E-state index contributed by atoms with van der Waals surface area (Å²) in [5, 5.41) is 0.480. The molecule has 2 heterocycles. The van der Waals surface area contributed by atoms with Crippen molar-refractivity contribution in [1.29, 1.82) is 0 Å². The smallest absolute Gasteiger partial charge is 0.153 e. The van der Waals surface area contributed by atoms with Gasteiger partial charge in [-0.2, -0.15) is 0 Å². The van der Waals surface area contributed by atoms with Crippen LogP contribution >= 0.6 is 11.6 Å². The molecule has 17 heavy (non-hydrogen) atoms. The third-order valence-corrected chi connectivity index (χ3v) is 3.32. The van der Waals surface area contributed by atoms with Gasteiger partial charge in [-0.15, -0.1) is 0 Å². The Labute approximate surface area is 107 Å². The van der Waals surface area contributed by atoms with E-state index in [0.29, 0.717) is 16.8 Å². The lowest BCUT2D eigenvalue weighted by molar-refractivity contribution is 0.0685. The monoisotopic (exact) mass is 255 g/mol. The van der Waals surface area contributed by atoms with Gasteiger partial charge in [0.25, 0.3) is 0 Å². The van der Waals surface area contributed by atoms with Gasteiger partial charge in [0, 0.05) is 26.8 Å². The molecule has 2 N–H and O–H groups in total. The van der Waals surface area contributed by atoms with Crippen molar-refractivity contribution in [2.45, 2.75) is 12.8 Å². The number of nitrogen functional groups attached to an aromatic ring is 1. The van der Waals surface area contributed by atoms with Crippen LogP contribution < -0.4 is 10.6 Å². The van der Waals surface area contributed by atoms with E-state index in [2.05, 4.69) is 9.88 Å². The molecule has 5 heteroatoms. The summed E-state index contributed by atoms with van der Waals surface area (Å²) in [5.41, 5.74) is 6.58. The zero-order valence-electron chi connectivity index (χ0n) is 10.0. The van der Waals surface area contributed by atoms with E-state index in [1.807, 2.05) is 7.05 Å². The molecule has 94 valence electrons.